The Morgan fingerprint density at radius 2 is 2.06 bits per heavy atom. The van der Waals surface area contributed by atoms with Crippen LogP contribution in [0.4, 0.5) is 0 Å². The average Bonchev–Trinajstić information content (AvgIpc) is 2.29. The normalized spacial score (nSPS) is 19.6. The number of phenolic OH excluding ortho intramolecular Hbond substituents is 1. The molecule has 2 N–H and O–H groups in total. The van der Waals surface area contributed by atoms with Crippen molar-refractivity contribution in [2.45, 2.75) is 25.7 Å². The molecule has 0 radical (unpaired) electrons. The van der Waals surface area contributed by atoms with Crippen LogP contribution in [0.5, 0.6) is 5.75 Å². The molecule has 2 nitrogen and oxygen atoms in total. The molecule has 0 aliphatic carbocycles. The van der Waals surface area contributed by atoms with Gasteiger partial charge in [0.25, 0.3) is 0 Å². The minimum Gasteiger partial charge on any atom is -0.508 e. The number of hydrogen-bond donors (Lipinski definition) is 2. The quantitative estimate of drug-likeness (QED) is 0.873. The van der Waals surface area contributed by atoms with E-state index in [1.165, 1.54) is 12.8 Å². The number of benzene rings is 1. The zero-order valence-corrected chi connectivity index (χ0v) is 11.1. The summed E-state index contributed by atoms with van der Waals surface area (Å²) in [6, 6.07) is 5.83. The van der Waals surface area contributed by atoms with Crippen LogP contribution in [0.15, 0.2) is 22.7 Å². The van der Waals surface area contributed by atoms with Gasteiger partial charge in [-0.3, -0.25) is 0 Å². The first-order valence-corrected chi connectivity index (χ1v) is 6.67. The topological polar surface area (TPSA) is 32.3 Å². The third-order valence-corrected chi connectivity index (χ3v) is 4.07. The summed E-state index contributed by atoms with van der Waals surface area (Å²) in [5, 5.41) is 13.3. The highest BCUT2D eigenvalue weighted by atomic mass is 79.9. The fraction of sp³-hybridized carbons (Fsp3) is 0.538. The number of phenols is 1. The fourth-order valence-electron chi connectivity index (χ4n) is 2.50. The van der Waals surface area contributed by atoms with E-state index >= 15 is 0 Å². The van der Waals surface area contributed by atoms with Gasteiger partial charge in [0.1, 0.15) is 5.75 Å². The van der Waals surface area contributed by atoms with Crippen LogP contribution in [0.1, 0.15) is 31.2 Å². The maximum atomic E-state index is 9.95. The highest BCUT2D eigenvalue weighted by Gasteiger charge is 2.23. The molecule has 88 valence electrons. The van der Waals surface area contributed by atoms with Gasteiger partial charge in [-0.15, -0.1) is 0 Å². The second-order valence-electron chi connectivity index (χ2n) is 4.58. The summed E-state index contributed by atoms with van der Waals surface area (Å²) in [6.07, 6.45) is 2.41. The molecule has 0 aromatic heterocycles. The summed E-state index contributed by atoms with van der Waals surface area (Å²) < 4.78 is 0.936. The number of piperidine rings is 1. The number of halogens is 1. The van der Waals surface area contributed by atoms with Crippen molar-refractivity contribution in [3.05, 3.63) is 28.2 Å². The molecule has 1 saturated heterocycles. The molecule has 1 aliphatic heterocycles. The molecule has 1 atom stereocenters. The minimum absolute atomic E-state index is 0.417. The molecule has 1 heterocycles. The van der Waals surface area contributed by atoms with Crippen LogP contribution in [0.25, 0.3) is 0 Å². The first-order chi connectivity index (χ1) is 7.68. The highest BCUT2D eigenvalue weighted by Crippen LogP contribution is 2.36. The van der Waals surface area contributed by atoms with Crippen molar-refractivity contribution in [1.29, 1.82) is 0 Å². The lowest BCUT2D eigenvalue weighted by Gasteiger charge is -2.29. The van der Waals surface area contributed by atoms with E-state index in [2.05, 4.69) is 28.2 Å². The van der Waals surface area contributed by atoms with Gasteiger partial charge >= 0.3 is 0 Å². The first-order valence-electron chi connectivity index (χ1n) is 5.87. The fourth-order valence-corrected chi connectivity index (χ4v) is 2.85. The Hall–Kier alpha value is -0.540. The predicted octanol–water partition coefficient (Wildman–Crippen LogP) is 3.26. The smallest absolute Gasteiger partial charge is 0.120 e. The second kappa shape index (κ2) is 5.19. The summed E-state index contributed by atoms with van der Waals surface area (Å²) in [4.78, 5) is 0. The van der Waals surface area contributed by atoms with Gasteiger partial charge in [0, 0.05) is 4.47 Å². The largest absolute Gasteiger partial charge is 0.508 e. The molecular formula is C13H18BrNO. The Labute approximate surface area is 105 Å². The summed E-state index contributed by atoms with van der Waals surface area (Å²) in [7, 11) is 0. The highest BCUT2D eigenvalue weighted by molar-refractivity contribution is 9.10. The van der Waals surface area contributed by atoms with E-state index in [1.54, 1.807) is 6.07 Å². The molecule has 0 bridgehead atoms. The Bertz CT molecular complexity index is 361. The van der Waals surface area contributed by atoms with Crippen molar-refractivity contribution >= 4 is 15.9 Å². The van der Waals surface area contributed by atoms with Crippen molar-refractivity contribution < 1.29 is 5.11 Å². The lowest BCUT2D eigenvalue weighted by molar-refractivity contribution is 0.324. The SMILES string of the molecule is CC(c1ccc(Br)cc1O)C1CCNCC1. The first kappa shape index (κ1) is 11.9. The second-order valence-corrected chi connectivity index (χ2v) is 5.49. The van der Waals surface area contributed by atoms with E-state index in [9.17, 15) is 5.11 Å². The molecule has 1 aromatic carbocycles. The van der Waals surface area contributed by atoms with Gasteiger partial charge in [0.2, 0.25) is 0 Å². The number of nitrogens with one attached hydrogen (secondary N) is 1. The van der Waals surface area contributed by atoms with Gasteiger partial charge in [-0.2, -0.15) is 0 Å². The molecule has 16 heavy (non-hydrogen) atoms. The van der Waals surface area contributed by atoms with E-state index < -0.39 is 0 Å². The summed E-state index contributed by atoms with van der Waals surface area (Å²) in [6.45, 7) is 4.43. The van der Waals surface area contributed by atoms with Crippen molar-refractivity contribution in [2.75, 3.05) is 13.1 Å². The lowest BCUT2D eigenvalue weighted by atomic mass is 9.81. The van der Waals surface area contributed by atoms with Crippen molar-refractivity contribution in [3.8, 4) is 5.75 Å². The molecule has 3 heteroatoms. The van der Waals surface area contributed by atoms with Crippen LogP contribution < -0.4 is 5.32 Å². The zero-order valence-electron chi connectivity index (χ0n) is 9.54. The standard InChI is InChI=1S/C13H18BrNO/c1-9(10-4-6-15-7-5-10)12-3-2-11(14)8-13(12)16/h2-3,8-10,15-16H,4-7H2,1H3. The maximum Gasteiger partial charge on any atom is 0.120 e. The van der Waals surface area contributed by atoms with Gasteiger partial charge in [0.15, 0.2) is 0 Å². The Morgan fingerprint density at radius 3 is 2.69 bits per heavy atom. The molecular weight excluding hydrogens is 266 g/mol. The predicted molar refractivity (Wildman–Crippen MR) is 69.8 cm³/mol. The maximum absolute atomic E-state index is 9.95. The van der Waals surface area contributed by atoms with Crippen molar-refractivity contribution in [3.63, 3.8) is 0 Å². The summed E-state index contributed by atoms with van der Waals surface area (Å²) in [5.41, 5.74) is 1.08. The average molecular weight is 284 g/mol. The molecule has 0 spiro atoms. The number of aromatic hydroxyl groups is 1. The molecule has 1 unspecified atom stereocenters. The summed E-state index contributed by atoms with van der Waals surface area (Å²) in [5.74, 6) is 1.55. The number of hydrogen-bond acceptors (Lipinski definition) is 2. The molecule has 0 amide bonds. The number of rotatable bonds is 2. The minimum atomic E-state index is 0.417. The Morgan fingerprint density at radius 1 is 1.38 bits per heavy atom. The third kappa shape index (κ3) is 2.58. The van der Waals surface area contributed by atoms with Crippen molar-refractivity contribution in [2.24, 2.45) is 5.92 Å². The van der Waals surface area contributed by atoms with Crippen LogP contribution in [-0.2, 0) is 0 Å². The van der Waals surface area contributed by atoms with Crippen molar-refractivity contribution in [1.82, 2.24) is 5.32 Å². The van der Waals surface area contributed by atoms with Crippen LogP contribution >= 0.6 is 15.9 Å². The van der Waals surface area contributed by atoms with Gasteiger partial charge in [0.05, 0.1) is 0 Å². The van der Waals surface area contributed by atoms with Crippen LogP contribution in [0.2, 0.25) is 0 Å². The summed E-state index contributed by atoms with van der Waals surface area (Å²) >= 11 is 3.37. The van der Waals surface area contributed by atoms with E-state index in [0.717, 1.165) is 23.1 Å². The van der Waals surface area contributed by atoms with E-state index in [0.29, 0.717) is 17.6 Å². The zero-order chi connectivity index (χ0) is 11.5. The van der Waals surface area contributed by atoms with Gasteiger partial charge < -0.3 is 10.4 Å². The Balaban J connectivity index is 2.15. The molecule has 1 aliphatic rings. The van der Waals surface area contributed by atoms with Gasteiger partial charge in [-0.25, -0.2) is 0 Å². The van der Waals surface area contributed by atoms with Crippen LogP contribution in [0.3, 0.4) is 0 Å². The molecule has 2 rings (SSSR count). The monoisotopic (exact) mass is 283 g/mol. The lowest BCUT2D eigenvalue weighted by Crippen LogP contribution is -2.30. The molecule has 1 aromatic rings. The third-order valence-electron chi connectivity index (χ3n) is 3.57. The van der Waals surface area contributed by atoms with E-state index in [1.807, 2.05) is 12.1 Å². The molecule has 0 saturated carbocycles. The van der Waals surface area contributed by atoms with Crippen LogP contribution in [0, 0.1) is 5.92 Å². The van der Waals surface area contributed by atoms with Crippen LogP contribution in [-0.4, -0.2) is 18.2 Å². The Kier molecular flexibility index (Phi) is 3.87. The van der Waals surface area contributed by atoms with Gasteiger partial charge in [-0.1, -0.05) is 28.9 Å². The van der Waals surface area contributed by atoms with Gasteiger partial charge in [-0.05, 0) is 55.5 Å². The van der Waals surface area contributed by atoms with E-state index in [-0.39, 0.29) is 0 Å². The van der Waals surface area contributed by atoms with E-state index in [4.69, 9.17) is 0 Å². The molecule has 1 fully saturated rings.